The van der Waals surface area contributed by atoms with Gasteiger partial charge >= 0.3 is 0 Å². The van der Waals surface area contributed by atoms with Crippen LogP contribution < -0.4 is 4.31 Å². The van der Waals surface area contributed by atoms with E-state index in [9.17, 15) is 13.2 Å². The highest BCUT2D eigenvalue weighted by atomic mass is 35.5. The van der Waals surface area contributed by atoms with Gasteiger partial charge in [-0.1, -0.05) is 71.8 Å². The van der Waals surface area contributed by atoms with Crippen LogP contribution in [0.5, 0.6) is 0 Å². The van der Waals surface area contributed by atoms with Gasteiger partial charge in [-0.25, -0.2) is 12.7 Å². The van der Waals surface area contributed by atoms with Crippen molar-refractivity contribution in [3.8, 4) is 0 Å². The Kier molecular flexibility index (Phi) is 6.22. The number of hydrazine groups is 1. The number of carbonyl (C=O) groups is 1. The molecule has 6 nitrogen and oxygen atoms in total. The summed E-state index contributed by atoms with van der Waals surface area (Å²) in [6.07, 6.45) is -0.0580. The maximum absolute atomic E-state index is 14.4. The number of hydrogen-bond donors (Lipinski definition) is 0. The van der Waals surface area contributed by atoms with Gasteiger partial charge in [-0.3, -0.25) is 9.80 Å². The number of anilines is 1. The van der Waals surface area contributed by atoms with Gasteiger partial charge in [-0.05, 0) is 72.5 Å². The van der Waals surface area contributed by atoms with Crippen molar-refractivity contribution in [2.45, 2.75) is 31.0 Å². The van der Waals surface area contributed by atoms with Crippen LogP contribution in [0.25, 0.3) is 0 Å². The highest BCUT2D eigenvalue weighted by Gasteiger charge is 2.45. The van der Waals surface area contributed by atoms with E-state index in [0.29, 0.717) is 29.2 Å². The molecule has 0 saturated heterocycles. The highest BCUT2D eigenvalue weighted by Crippen LogP contribution is 2.44. The van der Waals surface area contributed by atoms with Crippen LogP contribution in [0.15, 0.2) is 102 Å². The molecule has 1 amide bonds. The van der Waals surface area contributed by atoms with E-state index in [-0.39, 0.29) is 17.3 Å². The largest absolute Gasteiger partial charge is 0.268 e. The zero-order chi connectivity index (χ0) is 26.4. The first-order valence-corrected chi connectivity index (χ1v) is 14.3. The Morgan fingerprint density at radius 3 is 2.24 bits per heavy atom. The van der Waals surface area contributed by atoms with Crippen molar-refractivity contribution in [3.05, 3.63) is 130 Å². The minimum atomic E-state index is -4.01. The van der Waals surface area contributed by atoms with Crippen molar-refractivity contribution in [2.75, 3.05) is 10.8 Å². The lowest BCUT2D eigenvalue weighted by atomic mass is 9.97. The monoisotopic (exact) mass is 543 g/mol. The Bertz CT molecular complexity index is 1620. The number of para-hydroxylation sites is 1. The van der Waals surface area contributed by atoms with Crippen LogP contribution in [0, 0.1) is 6.92 Å². The molecular weight excluding hydrogens is 518 g/mol. The van der Waals surface area contributed by atoms with E-state index in [1.165, 1.54) is 4.31 Å². The lowest BCUT2D eigenvalue weighted by Gasteiger charge is -2.45. The van der Waals surface area contributed by atoms with E-state index in [2.05, 4.69) is 0 Å². The van der Waals surface area contributed by atoms with Crippen LogP contribution in [-0.2, 0) is 23.0 Å². The lowest BCUT2D eigenvalue weighted by molar-refractivity contribution is -0.0435. The topological polar surface area (TPSA) is 60.9 Å². The average molecular weight is 544 g/mol. The number of nitrogens with zero attached hydrogens (tertiary/aromatic N) is 3. The van der Waals surface area contributed by atoms with Crippen LogP contribution in [0.3, 0.4) is 0 Å². The molecule has 192 valence electrons. The van der Waals surface area contributed by atoms with E-state index in [0.717, 1.165) is 22.3 Å². The molecule has 4 aromatic carbocycles. The second-order valence-corrected chi connectivity index (χ2v) is 11.8. The van der Waals surface area contributed by atoms with Gasteiger partial charge in [-0.15, -0.1) is 0 Å². The number of sulfonamides is 1. The summed E-state index contributed by atoms with van der Waals surface area (Å²) in [6, 6.07) is 29.0. The number of benzene rings is 4. The third-order valence-corrected chi connectivity index (χ3v) is 9.24. The van der Waals surface area contributed by atoms with Crippen molar-refractivity contribution in [2.24, 2.45) is 0 Å². The molecule has 2 heterocycles. The summed E-state index contributed by atoms with van der Waals surface area (Å²) < 4.78 is 30.4. The summed E-state index contributed by atoms with van der Waals surface area (Å²) in [5.41, 5.74) is 4.70. The van der Waals surface area contributed by atoms with Gasteiger partial charge < -0.3 is 0 Å². The molecule has 0 spiro atoms. The van der Waals surface area contributed by atoms with Crippen LogP contribution in [-0.4, -0.2) is 30.9 Å². The van der Waals surface area contributed by atoms with Gasteiger partial charge in [-0.2, -0.15) is 5.01 Å². The Hall–Kier alpha value is -3.65. The fourth-order valence-electron chi connectivity index (χ4n) is 5.29. The van der Waals surface area contributed by atoms with Crippen molar-refractivity contribution in [1.82, 2.24) is 10.0 Å². The smallest absolute Gasteiger partial charge is 0.268 e. The van der Waals surface area contributed by atoms with E-state index < -0.39 is 16.2 Å². The van der Waals surface area contributed by atoms with E-state index >= 15 is 0 Å². The van der Waals surface area contributed by atoms with Crippen LogP contribution in [0.4, 0.5) is 5.69 Å². The second kappa shape index (κ2) is 9.58. The van der Waals surface area contributed by atoms with Crippen LogP contribution in [0.1, 0.15) is 38.8 Å². The Labute approximate surface area is 227 Å². The van der Waals surface area contributed by atoms with E-state index in [1.54, 1.807) is 53.5 Å². The molecule has 2 aliphatic heterocycles. The van der Waals surface area contributed by atoms with Crippen LogP contribution in [0.2, 0.25) is 5.02 Å². The summed E-state index contributed by atoms with van der Waals surface area (Å²) >= 11 is 6.09. The maximum Gasteiger partial charge on any atom is 0.268 e. The Morgan fingerprint density at radius 2 is 1.50 bits per heavy atom. The minimum Gasteiger partial charge on any atom is -0.268 e. The molecule has 0 aromatic heterocycles. The molecule has 38 heavy (non-hydrogen) atoms. The molecule has 0 aliphatic carbocycles. The SMILES string of the molecule is Cc1ccc(S(=O)(=O)N2c3ccccc3CN(C(=O)c3ccc(Cl)cc3)N3CCc4ccccc4C32)cc1. The summed E-state index contributed by atoms with van der Waals surface area (Å²) in [7, 11) is -4.01. The molecule has 0 fully saturated rings. The molecule has 0 saturated carbocycles. The Morgan fingerprint density at radius 1 is 0.842 bits per heavy atom. The minimum absolute atomic E-state index is 0.207. The molecule has 8 heteroatoms. The fraction of sp³-hybridized carbons (Fsp3) is 0.167. The number of rotatable bonds is 3. The number of carbonyl (C=O) groups excluding carboxylic acids is 1. The van der Waals surface area contributed by atoms with Crippen molar-refractivity contribution >= 4 is 33.2 Å². The van der Waals surface area contributed by atoms with Crippen molar-refractivity contribution < 1.29 is 13.2 Å². The van der Waals surface area contributed by atoms with Crippen molar-refractivity contribution in [1.29, 1.82) is 0 Å². The van der Waals surface area contributed by atoms with E-state index in [1.807, 2.05) is 60.5 Å². The number of hydrogen-bond acceptors (Lipinski definition) is 4. The maximum atomic E-state index is 14.4. The number of aryl methyl sites for hydroxylation is 1. The molecular formula is C30H26ClN3O3S. The quantitative estimate of drug-likeness (QED) is 0.319. The molecule has 1 unspecified atom stereocenters. The van der Waals surface area contributed by atoms with E-state index in [4.69, 9.17) is 11.6 Å². The molecule has 2 aliphatic rings. The van der Waals surface area contributed by atoms with Crippen molar-refractivity contribution in [3.63, 3.8) is 0 Å². The molecule has 0 N–H and O–H groups in total. The summed E-state index contributed by atoms with van der Waals surface area (Å²) in [4.78, 5) is 14.2. The zero-order valence-electron chi connectivity index (χ0n) is 20.8. The normalized spacial score (nSPS) is 17.3. The lowest BCUT2D eigenvalue weighted by Crippen LogP contribution is -2.54. The van der Waals surface area contributed by atoms with Crippen LogP contribution >= 0.6 is 11.6 Å². The van der Waals surface area contributed by atoms with Gasteiger partial charge in [0.1, 0.15) is 6.17 Å². The predicted octanol–water partition coefficient (Wildman–Crippen LogP) is 5.97. The highest BCUT2D eigenvalue weighted by molar-refractivity contribution is 7.92. The first-order valence-electron chi connectivity index (χ1n) is 12.5. The predicted molar refractivity (Wildman–Crippen MR) is 148 cm³/mol. The third-order valence-electron chi connectivity index (χ3n) is 7.21. The second-order valence-electron chi connectivity index (χ2n) is 9.60. The molecule has 4 aromatic rings. The molecule has 0 bridgehead atoms. The Balaban J connectivity index is 1.58. The molecule has 6 rings (SSSR count). The summed E-state index contributed by atoms with van der Waals surface area (Å²) in [6.45, 7) is 2.64. The number of amides is 1. The third kappa shape index (κ3) is 4.17. The summed E-state index contributed by atoms with van der Waals surface area (Å²) in [5, 5.41) is 4.14. The van der Waals surface area contributed by atoms with Gasteiger partial charge in [0.05, 0.1) is 17.1 Å². The number of halogens is 1. The van der Waals surface area contributed by atoms with Gasteiger partial charge in [0, 0.05) is 17.1 Å². The fourth-order valence-corrected chi connectivity index (χ4v) is 7.05. The number of fused-ring (bicyclic) bond motifs is 4. The van der Waals surface area contributed by atoms with Gasteiger partial charge in [0.25, 0.3) is 15.9 Å². The summed E-state index contributed by atoms with van der Waals surface area (Å²) in [5.74, 6) is -0.213. The van der Waals surface area contributed by atoms with Gasteiger partial charge in [0.15, 0.2) is 0 Å². The zero-order valence-corrected chi connectivity index (χ0v) is 22.4. The molecule has 0 radical (unpaired) electrons. The standard InChI is InChI=1S/C30H26ClN3O3S/c1-21-10-16-26(17-11-21)38(36,37)34-28-9-5-3-7-24(28)20-33(30(35)23-12-14-25(31)15-13-23)32-19-18-22-6-2-4-8-27(22)29(32)34/h2-17,29H,18-20H2,1H3. The van der Waals surface area contributed by atoms with Gasteiger partial charge in [0.2, 0.25) is 0 Å². The molecule has 1 atom stereocenters. The first kappa shape index (κ1) is 24.7. The average Bonchev–Trinajstić information content (AvgIpc) is 3.08. The first-order chi connectivity index (χ1) is 18.3.